The van der Waals surface area contributed by atoms with E-state index in [-0.39, 0.29) is 10.5 Å². The van der Waals surface area contributed by atoms with Gasteiger partial charge in [-0.25, -0.2) is 13.4 Å². The van der Waals surface area contributed by atoms with Crippen LogP contribution in [0.5, 0.6) is 0 Å². The van der Waals surface area contributed by atoms with Gasteiger partial charge in [-0.2, -0.15) is 0 Å². The van der Waals surface area contributed by atoms with E-state index in [1.807, 2.05) is 24.3 Å². The van der Waals surface area contributed by atoms with E-state index in [9.17, 15) is 13.2 Å². The van der Waals surface area contributed by atoms with E-state index in [1.165, 1.54) is 0 Å². The summed E-state index contributed by atoms with van der Waals surface area (Å²) in [6.07, 6.45) is 1.58. The number of aromatic amines is 1. The van der Waals surface area contributed by atoms with Crippen molar-refractivity contribution in [1.29, 1.82) is 0 Å². The summed E-state index contributed by atoms with van der Waals surface area (Å²) in [6, 6.07) is 18.2. The SMILES string of the molecule is CC(C)S(=O)(=O)c1ccccc1Nc1cc2cc[nH]c(=O)c2c(Nc2ccc(N3CCOCC3)cc2)n1. The molecule has 0 atom stereocenters. The minimum atomic E-state index is -3.52. The van der Waals surface area contributed by atoms with Crippen molar-refractivity contribution < 1.29 is 13.2 Å². The second kappa shape index (κ2) is 10.2. The molecule has 0 spiro atoms. The zero-order valence-electron chi connectivity index (χ0n) is 20.7. The average Bonchev–Trinajstić information content (AvgIpc) is 2.90. The largest absolute Gasteiger partial charge is 0.378 e. The number of para-hydroxylation sites is 1. The molecule has 4 aromatic rings. The third kappa shape index (κ3) is 5.16. The summed E-state index contributed by atoms with van der Waals surface area (Å²) >= 11 is 0. The molecule has 2 aromatic carbocycles. The summed E-state index contributed by atoms with van der Waals surface area (Å²) in [6.45, 7) is 6.41. The number of rotatable bonds is 7. The van der Waals surface area contributed by atoms with E-state index < -0.39 is 15.1 Å². The van der Waals surface area contributed by atoms with Crippen molar-refractivity contribution in [1.82, 2.24) is 9.97 Å². The maximum atomic E-state index is 12.9. The maximum Gasteiger partial charge on any atom is 0.259 e. The van der Waals surface area contributed by atoms with Gasteiger partial charge in [0.25, 0.3) is 5.56 Å². The van der Waals surface area contributed by atoms with Crippen LogP contribution in [-0.4, -0.2) is 49.9 Å². The topological polar surface area (TPSA) is 116 Å². The molecular formula is C27H29N5O4S. The Bertz CT molecular complexity index is 1580. The van der Waals surface area contributed by atoms with Gasteiger partial charge >= 0.3 is 0 Å². The Labute approximate surface area is 215 Å². The zero-order chi connectivity index (χ0) is 26.0. The molecule has 0 amide bonds. The molecule has 37 heavy (non-hydrogen) atoms. The summed E-state index contributed by atoms with van der Waals surface area (Å²) in [5.74, 6) is 0.780. The van der Waals surface area contributed by atoms with Gasteiger partial charge in [0.05, 0.1) is 34.4 Å². The van der Waals surface area contributed by atoms with E-state index in [0.29, 0.717) is 41.3 Å². The molecule has 0 unspecified atom stereocenters. The fraction of sp³-hybridized carbons (Fsp3) is 0.259. The Morgan fingerprint density at radius 2 is 1.73 bits per heavy atom. The number of morpholine rings is 1. The van der Waals surface area contributed by atoms with E-state index in [2.05, 4.69) is 25.5 Å². The average molecular weight is 520 g/mol. The Balaban J connectivity index is 1.50. The van der Waals surface area contributed by atoms with Gasteiger partial charge in [-0.3, -0.25) is 4.79 Å². The van der Waals surface area contributed by atoms with Crippen molar-refractivity contribution in [2.24, 2.45) is 0 Å². The molecule has 192 valence electrons. The zero-order valence-corrected chi connectivity index (χ0v) is 21.5. The van der Waals surface area contributed by atoms with Gasteiger partial charge in [-0.1, -0.05) is 12.1 Å². The number of ether oxygens (including phenoxy) is 1. The van der Waals surface area contributed by atoms with Gasteiger partial charge < -0.3 is 25.3 Å². The van der Waals surface area contributed by atoms with Crippen LogP contribution in [0.2, 0.25) is 0 Å². The van der Waals surface area contributed by atoms with Crippen LogP contribution in [0.25, 0.3) is 10.8 Å². The third-order valence-corrected chi connectivity index (χ3v) is 8.55. The molecule has 1 saturated heterocycles. The predicted molar refractivity (Wildman–Crippen MR) is 147 cm³/mol. The van der Waals surface area contributed by atoms with Gasteiger partial charge in [0.1, 0.15) is 11.6 Å². The van der Waals surface area contributed by atoms with E-state index in [4.69, 9.17) is 4.74 Å². The molecule has 0 radical (unpaired) electrons. The number of hydrogen-bond acceptors (Lipinski definition) is 8. The smallest absolute Gasteiger partial charge is 0.259 e. The number of benzene rings is 2. The highest BCUT2D eigenvalue weighted by Crippen LogP contribution is 2.31. The molecule has 1 aliphatic rings. The Morgan fingerprint density at radius 1 is 1.00 bits per heavy atom. The number of aromatic nitrogens is 2. The first-order valence-electron chi connectivity index (χ1n) is 12.1. The number of H-pyrrole nitrogens is 1. The monoisotopic (exact) mass is 519 g/mol. The molecule has 1 fully saturated rings. The molecule has 2 aromatic heterocycles. The highest BCUT2D eigenvalue weighted by molar-refractivity contribution is 7.92. The summed E-state index contributed by atoms with van der Waals surface area (Å²) in [7, 11) is -3.52. The molecular weight excluding hydrogens is 490 g/mol. The van der Waals surface area contributed by atoms with Crippen molar-refractivity contribution in [3.8, 4) is 0 Å². The Kier molecular flexibility index (Phi) is 6.86. The van der Waals surface area contributed by atoms with Crippen LogP contribution >= 0.6 is 0 Å². The first-order chi connectivity index (χ1) is 17.8. The van der Waals surface area contributed by atoms with Crippen LogP contribution in [0.3, 0.4) is 0 Å². The molecule has 0 aliphatic carbocycles. The second-order valence-corrected chi connectivity index (χ2v) is 11.6. The first kappa shape index (κ1) is 24.8. The van der Waals surface area contributed by atoms with Crippen molar-refractivity contribution in [3.05, 3.63) is 77.2 Å². The summed E-state index contributed by atoms with van der Waals surface area (Å²) in [5.41, 5.74) is 2.03. The van der Waals surface area contributed by atoms with E-state index in [1.54, 1.807) is 56.4 Å². The van der Waals surface area contributed by atoms with Gasteiger partial charge in [-0.15, -0.1) is 0 Å². The first-order valence-corrected chi connectivity index (χ1v) is 13.7. The number of pyridine rings is 2. The van der Waals surface area contributed by atoms with E-state index in [0.717, 1.165) is 24.5 Å². The maximum absolute atomic E-state index is 12.9. The molecule has 9 nitrogen and oxygen atoms in total. The lowest BCUT2D eigenvalue weighted by Gasteiger charge is -2.28. The highest BCUT2D eigenvalue weighted by Gasteiger charge is 2.23. The molecule has 10 heteroatoms. The van der Waals surface area contributed by atoms with Gasteiger partial charge in [0.2, 0.25) is 0 Å². The Hall–Kier alpha value is -3.89. The molecule has 0 saturated carbocycles. The summed E-state index contributed by atoms with van der Waals surface area (Å²) in [5, 5.41) is 6.94. The lowest BCUT2D eigenvalue weighted by Crippen LogP contribution is -2.36. The van der Waals surface area contributed by atoms with Crippen molar-refractivity contribution in [2.75, 3.05) is 41.8 Å². The van der Waals surface area contributed by atoms with Crippen molar-refractivity contribution >= 4 is 49.3 Å². The fourth-order valence-corrected chi connectivity index (χ4v) is 5.49. The number of nitrogens with one attached hydrogen (secondary N) is 3. The molecule has 3 N–H and O–H groups in total. The number of anilines is 5. The number of hydrogen-bond donors (Lipinski definition) is 3. The standard InChI is InChI=1S/C27H29N5O4S/c1-18(2)37(34,35)23-6-4-3-5-22(23)30-24-17-19-11-12-28-27(33)25(19)26(31-24)29-20-7-9-21(10-8-20)32-13-15-36-16-14-32/h3-12,17-18H,13-16H2,1-2H3,(H,28,33)(H2,29,30,31). The normalized spacial score (nSPS) is 14.2. The fourth-order valence-electron chi connectivity index (χ4n) is 4.29. The van der Waals surface area contributed by atoms with Gasteiger partial charge in [0, 0.05) is 30.7 Å². The second-order valence-electron chi connectivity index (χ2n) is 9.11. The van der Waals surface area contributed by atoms with Crippen molar-refractivity contribution in [3.63, 3.8) is 0 Å². The third-order valence-electron chi connectivity index (χ3n) is 6.34. The van der Waals surface area contributed by atoms with Crippen LogP contribution < -0.4 is 21.1 Å². The predicted octanol–water partition coefficient (Wildman–Crippen LogP) is 4.43. The van der Waals surface area contributed by atoms with Crippen LogP contribution in [-0.2, 0) is 14.6 Å². The highest BCUT2D eigenvalue weighted by atomic mass is 32.2. The van der Waals surface area contributed by atoms with Crippen LogP contribution in [0, 0.1) is 0 Å². The van der Waals surface area contributed by atoms with E-state index >= 15 is 0 Å². The quantitative estimate of drug-likeness (QED) is 0.328. The summed E-state index contributed by atoms with van der Waals surface area (Å²) in [4.78, 5) is 22.6. The minimum Gasteiger partial charge on any atom is -0.378 e. The van der Waals surface area contributed by atoms with Gasteiger partial charge in [0.15, 0.2) is 9.84 Å². The van der Waals surface area contributed by atoms with Crippen LogP contribution in [0.1, 0.15) is 13.8 Å². The van der Waals surface area contributed by atoms with Crippen LogP contribution in [0.4, 0.5) is 28.7 Å². The molecule has 1 aliphatic heterocycles. The molecule has 0 bridgehead atoms. The Morgan fingerprint density at radius 3 is 2.46 bits per heavy atom. The number of fused-ring (bicyclic) bond motifs is 1. The number of nitrogens with zero attached hydrogens (tertiary/aromatic N) is 2. The van der Waals surface area contributed by atoms with Crippen LogP contribution in [0.15, 0.2) is 76.6 Å². The van der Waals surface area contributed by atoms with Gasteiger partial charge in [-0.05, 0) is 67.8 Å². The minimum absolute atomic E-state index is 0.200. The number of sulfone groups is 1. The lowest BCUT2D eigenvalue weighted by molar-refractivity contribution is 0.122. The summed E-state index contributed by atoms with van der Waals surface area (Å²) < 4.78 is 31.3. The van der Waals surface area contributed by atoms with Crippen molar-refractivity contribution in [2.45, 2.75) is 24.0 Å². The molecule has 5 rings (SSSR count). The lowest BCUT2D eigenvalue weighted by atomic mass is 10.2. The molecule has 3 heterocycles.